The molecule has 0 aromatic heterocycles. The van der Waals surface area contributed by atoms with Gasteiger partial charge in [0.05, 0.1) is 35.0 Å². The highest BCUT2D eigenvalue weighted by Gasteiger charge is 2.12. The van der Waals surface area contributed by atoms with E-state index in [-0.39, 0.29) is 19.8 Å². The average Bonchev–Trinajstić information content (AvgIpc) is 3.41. The third kappa shape index (κ3) is 16.0. The number of rotatable bonds is 20. The number of nitrogens with one attached hydrogen (secondary N) is 2. The quantitative estimate of drug-likeness (QED) is 0.0383. The molecule has 13 heteroatoms. The van der Waals surface area contributed by atoms with Gasteiger partial charge in [0.2, 0.25) is 0 Å². The van der Waals surface area contributed by atoms with E-state index in [2.05, 4.69) is 87.2 Å². The van der Waals surface area contributed by atoms with Crippen LogP contribution in [0.3, 0.4) is 0 Å². The lowest BCUT2D eigenvalue weighted by atomic mass is 9.97. The highest BCUT2D eigenvalue weighted by Crippen LogP contribution is 2.31. The number of methoxy groups -OCH3 is 4. The molecule has 2 amide bonds. The number of carbonyl (C=O) groups excluding carboxylic acids is 2. The molecule has 71 heavy (non-hydrogen) atoms. The summed E-state index contributed by atoms with van der Waals surface area (Å²) >= 11 is 3.37. The Balaban J connectivity index is 0.000000197. The lowest BCUT2D eigenvalue weighted by molar-refractivity contribution is 0.115. The summed E-state index contributed by atoms with van der Waals surface area (Å²) in [6.45, 7) is 2.70. The van der Waals surface area contributed by atoms with E-state index in [0.717, 1.165) is 113 Å². The van der Waals surface area contributed by atoms with Crippen molar-refractivity contribution < 1.29 is 47.9 Å². The molecule has 0 saturated carbocycles. The zero-order valence-electron chi connectivity index (χ0n) is 40.8. The van der Waals surface area contributed by atoms with Crippen molar-refractivity contribution in [2.24, 2.45) is 0 Å². The lowest BCUT2D eigenvalue weighted by Gasteiger charge is -2.13. The van der Waals surface area contributed by atoms with Crippen molar-refractivity contribution in [1.29, 1.82) is 0 Å². The number of aliphatic hydroxyl groups is 1. The molecule has 0 spiro atoms. The number of aliphatic hydroxyl groups excluding tert-OH is 1. The van der Waals surface area contributed by atoms with Gasteiger partial charge in [0, 0.05) is 54.9 Å². The van der Waals surface area contributed by atoms with Crippen molar-refractivity contribution in [1.82, 2.24) is 10.6 Å². The normalized spacial score (nSPS) is 10.7. The van der Waals surface area contributed by atoms with Gasteiger partial charge in [0.15, 0.2) is 0 Å². The maximum atomic E-state index is 12.3. The topological polar surface area (TPSA) is 143 Å². The summed E-state index contributed by atoms with van der Waals surface area (Å²) in [5.41, 5.74) is 4.18. The molecule has 0 heterocycles. The van der Waals surface area contributed by atoms with Crippen LogP contribution < -0.4 is 29.6 Å². The molecular weight excluding hydrogens is 965 g/mol. The molecule has 8 aromatic carbocycles. The molecule has 8 rings (SSSR count). The van der Waals surface area contributed by atoms with Crippen molar-refractivity contribution in [3.8, 4) is 23.0 Å². The van der Waals surface area contributed by atoms with E-state index in [4.69, 9.17) is 38.3 Å². The van der Waals surface area contributed by atoms with E-state index < -0.39 is 12.2 Å². The number of amides is 2. The minimum absolute atomic E-state index is 0.138. The SMILES string of the molecule is COc1cc(CBr)cc(OC)c1.COc1cc(COCCCCNC(=O)OCc2c3ccccc3cc3ccccc23)cc(OC)c1.O=C(NCCCCO)OCc1c2ccccc2cc2ccccc12. The van der Waals surface area contributed by atoms with Crippen LogP contribution in [0.5, 0.6) is 23.0 Å². The van der Waals surface area contributed by atoms with Crippen LogP contribution in [-0.4, -0.2) is 72.0 Å². The second kappa shape index (κ2) is 28.6. The number of ether oxygens (including phenoxy) is 7. The Morgan fingerprint density at radius 1 is 0.465 bits per heavy atom. The fraction of sp³-hybridized carbons (Fsp3) is 0.276. The molecule has 8 aromatic rings. The highest BCUT2D eigenvalue weighted by molar-refractivity contribution is 9.08. The van der Waals surface area contributed by atoms with Gasteiger partial charge in [-0.25, -0.2) is 9.59 Å². The fourth-order valence-electron chi connectivity index (χ4n) is 7.93. The first-order valence-electron chi connectivity index (χ1n) is 23.6. The number of unbranched alkanes of at least 4 members (excludes halogenated alkanes) is 2. The second-order valence-electron chi connectivity index (χ2n) is 16.4. The van der Waals surface area contributed by atoms with E-state index in [1.807, 2.05) is 84.9 Å². The standard InChI is InChI=1S/C29H31NO5.C20H21NO3.C9H11BrO2/c1-32-24-15-21(16-25(18-24)33-2)19-34-14-8-7-13-30-29(31)35-20-28-26-11-5-3-9-22(26)17-23-10-4-6-12-27(23)28;22-12-6-5-11-21-20(23)24-14-19-17-9-3-1-7-15(17)13-16-8-2-4-10-18(16)19;1-11-8-3-7(6-10)4-9(5-8)12-2/h3-6,9-12,15-18H,7-8,13-14,19-20H2,1-2H3,(H,30,31);1-4,7-10,13,22H,5-6,11-12,14H2,(H,21,23);3-5H,6H2,1-2H3. The Bertz CT molecular complexity index is 2780. The van der Waals surface area contributed by atoms with E-state index in [1.165, 1.54) is 0 Å². The number of alkyl carbamates (subject to hydrolysis) is 2. The maximum Gasteiger partial charge on any atom is 0.407 e. The Kier molecular flexibility index (Phi) is 21.4. The van der Waals surface area contributed by atoms with Crippen LogP contribution in [-0.2, 0) is 39.4 Å². The number of hydrogen-bond donors (Lipinski definition) is 3. The predicted octanol–water partition coefficient (Wildman–Crippen LogP) is 12.8. The summed E-state index contributed by atoms with van der Waals surface area (Å²) in [5, 5.41) is 24.0. The first kappa shape index (κ1) is 53.3. The van der Waals surface area contributed by atoms with Crippen LogP contribution in [0.4, 0.5) is 9.59 Å². The maximum absolute atomic E-state index is 12.3. The Labute approximate surface area is 424 Å². The molecule has 0 atom stereocenters. The van der Waals surface area contributed by atoms with Gasteiger partial charge in [0.1, 0.15) is 36.2 Å². The molecular formula is C58H63BrN2O10. The molecule has 372 valence electrons. The van der Waals surface area contributed by atoms with Crippen molar-refractivity contribution >= 4 is 71.2 Å². The zero-order valence-corrected chi connectivity index (χ0v) is 42.4. The van der Waals surface area contributed by atoms with Crippen LogP contribution in [0.15, 0.2) is 146 Å². The van der Waals surface area contributed by atoms with Crippen LogP contribution in [0.25, 0.3) is 43.1 Å². The van der Waals surface area contributed by atoms with Gasteiger partial charge in [-0.1, -0.05) is 113 Å². The van der Waals surface area contributed by atoms with Gasteiger partial charge in [0.25, 0.3) is 0 Å². The number of hydrogen-bond acceptors (Lipinski definition) is 10. The van der Waals surface area contributed by atoms with Crippen molar-refractivity contribution in [2.45, 2.75) is 50.8 Å². The number of benzene rings is 8. The Morgan fingerprint density at radius 3 is 1.20 bits per heavy atom. The van der Waals surface area contributed by atoms with Gasteiger partial charge in [-0.15, -0.1) is 0 Å². The molecule has 0 saturated heterocycles. The number of halogens is 1. The predicted molar refractivity (Wildman–Crippen MR) is 286 cm³/mol. The monoisotopic (exact) mass is 1030 g/mol. The molecule has 0 fully saturated rings. The van der Waals surface area contributed by atoms with Crippen molar-refractivity contribution in [2.75, 3.05) is 54.7 Å². The van der Waals surface area contributed by atoms with Gasteiger partial charge in [-0.3, -0.25) is 0 Å². The van der Waals surface area contributed by atoms with Gasteiger partial charge in [-0.05, 0) is 116 Å². The molecule has 0 aliphatic rings. The average molecular weight is 1030 g/mol. The summed E-state index contributed by atoms with van der Waals surface area (Å²) in [7, 11) is 6.54. The van der Waals surface area contributed by atoms with E-state index in [9.17, 15) is 9.59 Å². The summed E-state index contributed by atoms with van der Waals surface area (Å²) < 4.78 is 37.5. The number of carbonyl (C=O) groups is 2. The largest absolute Gasteiger partial charge is 0.497 e. The molecule has 0 bridgehead atoms. The third-order valence-electron chi connectivity index (χ3n) is 11.5. The van der Waals surface area contributed by atoms with Crippen molar-refractivity contribution in [3.05, 3.63) is 168 Å². The van der Waals surface area contributed by atoms with Crippen molar-refractivity contribution in [3.63, 3.8) is 0 Å². The zero-order chi connectivity index (χ0) is 50.2. The summed E-state index contributed by atoms with van der Waals surface area (Å²) in [4.78, 5) is 24.2. The van der Waals surface area contributed by atoms with E-state index in [0.29, 0.717) is 32.7 Å². The fourth-order valence-corrected chi connectivity index (χ4v) is 8.26. The molecule has 12 nitrogen and oxygen atoms in total. The lowest BCUT2D eigenvalue weighted by Crippen LogP contribution is -2.25. The second-order valence-corrected chi connectivity index (χ2v) is 16.9. The third-order valence-corrected chi connectivity index (χ3v) is 12.2. The number of fused-ring (bicyclic) bond motifs is 4. The van der Waals surface area contributed by atoms with Crippen LogP contribution in [0.1, 0.15) is 47.9 Å². The summed E-state index contributed by atoms with van der Waals surface area (Å²) in [6, 6.07) is 48.4. The minimum Gasteiger partial charge on any atom is -0.497 e. The van der Waals surface area contributed by atoms with Crippen LogP contribution in [0, 0.1) is 0 Å². The van der Waals surface area contributed by atoms with E-state index >= 15 is 0 Å². The van der Waals surface area contributed by atoms with E-state index in [1.54, 1.807) is 28.4 Å². The smallest absolute Gasteiger partial charge is 0.407 e. The summed E-state index contributed by atoms with van der Waals surface area (Å²) in [6.07, 6.45) is 2.21. The molecule has 0 unspecified atom stereocenters. The molecule has 0 radical (unpaired) electrons. The minimum atomic E-state index is -0.426. The molecule has 0 aliphatic heterocycles. The van der Waals surface area contributed by atoms with Gasteiger partial charge in [-0.2, -0.15) is 0 Å². The first-order valence-corrected chi connectivity index (χ1v) is 24.7. The van der Waals surface area contributed by atoms with Crippen LogP contribution >= 0.6 is 15.9 Å². The Morgan fingerprint density at radius 2 is 0.831 bits per heavy atom. The molecule has 3 N–H and O–H groups in total. The molecule has 0 aliphatic carbocycles. The Hall–Kier alpha value is -7.06. The van der Waals surface area contributed by atoms with Gasteiger partial charge < -0.3 is 48.9 Å². The van der Waals surface area contributed by atoms with Crippen LogP contribution in [0.2, 0.25) is 0 Å². The highest BCUT2D eigenvalue weighted by atomic mass is 79.9. The summed E-state index contributed by atoms with van der Waals surface area (Å²) in [5.74, 6) is 3.12. The van der Waals surface area contributed by atoms with Gasteiger partial charge >= 0.3 is 12.2 Å². The first-order chi connectivity index (χ1) is 34.8. The number of alkyl halides is 1.